The number of aromatic nitrogens is 4. The van der Waals surface area contributed by atoms with Crippen molar-refractivity contribution in [3.05, 3.63) is 59.9 Å². The Bertz CT molecular complexity index is 938. The van der Waals surface area contributed by atoms with Gasteiger partial charge in [-0.2, -0.15) is 0 Å². The van der Waals surface area contributed by atoms with Gasteiger partial charge in [-0.1, -0.05) is 36.9 Å². The van der Waals surface area contributed by atoms with E-state index < -0.39 is 0 Å². The Morgan fingerprint density at radius 1 is 1.38 bits per heavy atom. The van der Waals surface area contributed by atoms with Gasteiger partial charge < -0.3 is 10.1 Å². The molecule has 0 aliphatic carbocycles. The van der Waals surface area contributed by atoms with Crippen LogP contribution in [0.4, 0.5) is 5.13 Å². The number of amides is 1. The van der Waals surface area contributed by atoms with Crippen LogP contribution in [0.25, 0.3) is 0 Å². The molecule has 0 spiro atoms. The number of thiazole rings is 1. The van der Waals surface area contributed by atoms with E-state index in [2.05, 4.69) is 46.1 Å². The van der Waals surface area contributed by atoms with Crippen LogP contribution in [0, 0.1) is 0 Å². The molecule has 0 aliphatic rings. The number of hydrogen-bond acceptors (Lipinski definition) is 7. The summed E-state index contributed by atoms with van der Waals surface area (Å²) >= 11 is 2.70. The van der Waals surface area contributed by atoms with Crippen molar-refractivity contribution in [3.8, 4) is 5.75 Å². The zero-order valence-corrected chi connectivity index (χ0v) is 18.0. The second kappa shape index (κ2) is 10.2. The standard InChI is InChI=1S/C20H23N5O2S2/c1-4-11-25-18(14(3)27-16-8-6-15(5-2)7-9-16)23-24-20(25)29-13-17(26)22-19-21-10-12-28-19/h4,6-10,12,14H,1,5,11,13H2,2-3H3,(H,21,22,26). The van der Waals surface area contributed by atoms with Gasteiger partial charge in [0.25, 0.3) is 0 Å². The lowest BCUT2D eigenvalue weighted by Crippen LogP contribution is -2.15. The fourth-order valence-electron chi connectivity index (χ4n) is 2.64. The molecule has 1 aromatic carbocycles. The molecule has 2 aromatic heterocycles. The number of carbonyl (C=O) groups is 1. The third kappa shape index (κ3) is 5.68. The van der Waals surface area contributed by atoms with Crippen LogP contribution in [0.15, 0.2) is 53.7 Å². The topological polar surface area (TPSA) is 81.9 Å². The summed E-state index contributed by atoms with van der Waals surface area (Å²) < 4.78 is 7.96. The van der Waals surface area contributed by atoms with Crippen LogP contribution in [-0.4, -0.2) is 31.4 Å². The van der Waals surface area contributed by atoms with Gasteiger partial charge in [0.2, 0.25) is 5.91 Å². The minimum Gasteiger partial charge on any atom is -0.483 e. The molecule has 1 atom stereocenters. The fourth-order valence-corrected chi connectivity index (χ4v) is 3.94. The third-order valence-corrected chi connectivity index (χ3v) is 5.73. The molecule has 2 heterocycles. The molecule has 1 N–H and O–H groups in total. The van der Waals surface area contributed by atoms with Gasteiger partial charge in [0.1, 0.15) is 5.75 Å². The van der Waals surface area contributed by atoms with Crippen LogP contribution < -0.4 is 10.1 Å². The molecule has 1 amide bonds. The van der Waals surface area contributed by atoms with Crippen LogP contribution in [0.2, 0.25) is 0 Å². The Morgan fingerprint density at radius 3 is 2.83 bits per heavy atom. The van der Waals surface area contributed by atoms with Crippen molar-refractivity contribution in [2.75, 3.05) is 11.1 Å². The van der Waals surface area contributed by atoms with E-state index in [1.54, 1.807) is 12.3 Å². The minimum absolute atomic E-state index is 0.139. The summed E-state index contributed by atoms with van der Waals surface area (Å²) in [6, 6.07) is 8.03. The van der Waals surface area contributed by atoms with Crippen LogP contribution in [0.3, 0.4) is 0 Å². The van der Waals surface area contributed by atoms with Crippen LogP contribution in [0.5, 0.6) is 5.75 Å². The summed E-state index contributed by atoms with van der Waals surface area (Å²) in [6.07, 6.45) is 4.11. The van der Waals surface area contributed by atoms with Crippen molar-refractivity contribution in [2.24, 2.45) is 0 Å². The van der Waals surface area contributed by atoms with E-state index in [9.17, 15) is 4.79 Å². The van der Waals surface area contributed by atoms with E-state index in [-0.39, 0.29) is 17.8 Å². The van der Waals surface area contributed by atoms with Gasteiger partial charge in [0.05, 0.1) is 5.75 Å². The summed E-state index contributed by atoms with van der Waals surface area (Å²) in [5, 5.41) is 14.3. The number of nitrogens with zero attached hydrogens (tertiary/aromatic N) is 4. The fraction of sp³-hybridized carbons (Fsp3) is 0.300. The molecule has 3 aromatic rings. The average Bonchev–Trinajstić information content (AvgIpc) is 3.37. The number of ether oxygens (including phenoxy) is 1. The van der Waals surface area contributed by atoms with Gasteiger partial charge in [0.15, 0.2) is 22.2 Å². The van der Waals surface area contributed by atoms with E-state index in [0.29, 0.717) is 22.7 Å². The van der Waals surface area contributed by atoms with Crippen molar-refractivity contribution in [1.82, 2.24) is 19.7 Å². The van der Waals surface area contributed by atoms with E-state index in [1.165, 1.54) is 28.7 Å². The monoisotopic (exact) mass is 429 g/mol. The minimum atomic E-state index is -0.298. The summed E-state index contributed by atoms with van der Waals surface area (Å²) in [5.41, 5.74) is 1.26. The van der Waals surface area contributed by atoms with Crippen molar-refractivity contribution < 1.29 is 9.53 Å². The molecule has 29 heavy (non-hydrogen) atoms. The van der Waals surface area contributed by atoms with E-state index in [1.807, 2.05) is 29.0 Å². The Balaban J connectivity index is 1.66. The number of hydrogen-bond donors (Lipinski definition) is 1. The molecule has 152 valence electrons. The Labute approximate surface area is 178 Å². The van der Waals surface area contributed by atoms with Crippen molar-refractivity contribution in [2.45, 2.75) is 38.1 Å². The molecule has 0 saturated carbocycles. The predicted octanol–water partition coefficient (Wildman–Crippen LogP) is 4.35. The van der Waals surface area contributed by atoms with Crippen molar-refractivity contribution >= 4 is 34.1 Å². The molecule has 0 bridgehead atoms. The van der Waals surface area contributed by atoms with Crippen molar-refractivity contribution in [1.29, 1.82) is 0 Å². The van der Waals surface area contributed by atoms with E-state index >= 15 is 0 Å². The van der Waals surface area contributed by atoms with Crippen LogP contribution >= 0.6 is 23.1 Å². The lowest BCUT2D eigenvalue weighted by molar-refractivity contribution is -0.113. The number of aryl methyl sites for hydroxylation is 1. The summed E-state index contributed by atoms with van der Waals surface area (Å²) in [6.45, 7) is 8.39. The molecular weight excluding hydrogens is 406 g/mol. The average molecular weight is 430 g/mol. The highest BCUT2D eigenvalue weighted by molar-refractivity contribution is 7.99. The summed E-state index contributed by atoms with van der Waals surface area (Å²) in [5.74, 6) is 1.54. The maximum Gasteiger partial charge on any atom is 0.236 e. The third-order valence-electron chi connectivity index (χ3n) is 4.08. The molecule has 0 fully saturated rings. The highest BCUT2D eigenvalue weighted by Gasteiger charge is 2.20. The zero-order valence-electron chi connectivity index (χ0n) is 16.4. The van der Waals surface area contributed by atoms with Gasteiger partial charge in [-0.15, -0.1) is 28.1 Å². The lowest BCUT2D eigenvalue weighted by Gasteiger charge is -2.16. The van der Waals surface area contributed by atoms with Crippen LogP contribution in [0.1, 0.15) is 31.3 Å². The van der Waals surface area contributed by atoms with Gasteiger partial charge in [-0.3, -0.25) is 9.36 Å². The number of benzene rings is 1. The maximum atomic E-state index is 12.1. The van der Waals surface area contributed by atoms with E-state index in [0.717, 1.165) is 12.2 Å². The molecule has 7 nitrogen and oxygen atoms in total. The van der Waals surface area contributed by atoms with Gasteiger partial charge in [0, 0.05) is 18.1 Å². The molecular formula is C20H23N5O2S2. The predicted molar refractivity (Wildman–Crippen MR) is 117 cm³/mol. The summed E-state index contributed by atoms with van der Waals surface area (Å²) in [7, 11) is 0. The first-order chi connectivity index (χ1) is 14.1. The molecule has 0 aliphatic heterocycles. The first-order valence-electron chi connectivity index (χ1n) is 9.22. The van der Waals surface area contributed by atoms with Crippen LogP contribution in [-0.2, 0) is 17.8 Å². The SMILES string of the molecule is C=CCn1c(SCC(=O)Nc2nccs2)nnc1C(C)Oc1ccc(CC)cc1. The maximum absolute atomic E-state index is 12.1. The number of carbonyl (C=O) groups excluding carboxylic acids is 1. The molecule has 9 heteroatoms. The van der Waals surface area contributed by atoms with Crippen molar-refractivity contribution in [3.63, 3.8) is 0 Å². The lowest BCUT2D eigenvalue weighted by atomic mass is 10.2. The molecule has 1 unspecified atom stereocenters. The Morgan fingerprint density at radius 2 is 2.17 bits per heavy atom. The number of nitrogens with one attached hydrogen (secondary N) is 1. The molecule has 0 saturated heterocycles. The van der Waals surface area contributed by atoms with E-state index in [4.69, 9.17) is 4.74 Å². The number of allylic oxidation sites excluding steroid dienone is 1. The van der Waals surface area contributed by atoms with Gasteiger partial charge in [-0.25, -0.2) is 4.98 Å². The Hall–Kier alpha value is -2.65. The largest absolute Gasteiger partial charge is 0.483 e. The smallest absolute Gasteiger partial charge is 0.236 e. The highest BCUT2D eigenvalue weighted by Crippen LogP contribution is 2.25. The first-order valence-corrected chi connectivity index (χ1v) is 11.1. The number of anilines is 1. The first kappa shape index (κ1) is 21.1. The van der Waals surface area contributed by atoms with Gasteiger partial charge >= 0.3 is 0 Å². The number of thioether (sulfide) groups is 1. The molecule has 0 radical (unpaired) electrons. The molecule has 3 rings (SSSR count). The second-order valence-corrected chi connectivity index (χ2v) is 8.01. The second-order valence-electron chi connectivity index (χ2n) is 6.17. The number of rotatable bonds is 10. The highest BCUT2D eigenvalue weighted by atomic mass is 32.2. The summed E-state index contributed by atoms with van der Waals surface area (Å²) in [4.78, 5) is 16.2. The quantitative estimate of drug-likeness (QED) is 0.381. The Kier molecular flexibility index (Phi) is 7.42. The normalized spacial score (nSPS) is 11.8. The zero-order chi connectivity index (χ0) is 20.6. The van der Waals surface area contributed by atoms with Gasteiger partial charge in [-0.05, 0) is 31.0 Å².